The first-order valence-electron chi connectivity index (χ1n) is 5.46. The van der Waals surface area contributed by atoms with E-state index in [0.717, 1.165) is 17.5 Å². The molecule has 0 saturated carbocycles. The van der Waals surface area contributed by atoms with Crippen molar-refractivity contribution in [3.05, 3.63) is 42.0 Å². The van der Waals surface area contributed by atoms with Gasteiger partial charge in [0, 0.05) is 5.33 Å². The van der Waals surface area contributed by atoms with E-state index in [4.69, 9.17) is 4.74 Å². The molecule has 2 aromatic rings. The van der Waals surface area contributed by atoms with E-state index in [1.165, 1.54) is 22.8 Å². The Kier molecular flexibility index (Phi) is 3.83. The Morgan fingerprint density at radius 1 is 1.06 bits per heavy atom. The van der Waals surface area contributed by atoms with Crippen LogP contribution in [-0.4, -0.2) is 12.4 Å². The van der Waals surface area contributed by atoms with Gasteiger partial charge in [0.2, 0.25) is 0 Å². The quantitative estimate of drug-likeness (QED) is 0.763. The van der Waals surface area contributed by atoms with Crippen LogP contribution in [0.15, 0.2) is 36.4 Å². The number of ether oxygens (including phenoxy) is 1. The normalized spacial score (nSPS) is 10.6. The Labute approximate surface area is 105 Å². The maximum atomic E-state index is 5.21. The van der Waals surface area contributed by atoms with Crippen molar-refractivity contribution in [1.29, 1.82) is 0 Å². The monoisotopic (exact) mass is 278 g/mol. The maximum absolute atomic E-state index is 5.21. The summed E-state index contributed by atoms with van der Waals surface area (Å²) >= 11 is 3.46. The average Bonchev–Trinajstić information content (AvgIpc) is 2.35. The third-order valence-electron chi connectivity index (χ3n) is 2.71. The van der Waals surface area contributed by atoms with Crippen LogP contribution >= 0.6 is 15.9 Å². The van der Waals surface area contributed by atoms with Gasteiger partial charge >= 0.3 is 0 Å². The van der Waals surface area contributed by atoms with Gasteiger partial charge in [0.1, 0.15) is 5.75 Å². The second kappa shape index (κ2) is 5.35. The van der Waals surface area contributed by atoms with E-state index in [0.29, 0.717) is 0 Å². The summed E-state index contributed by atoms with van der Waals surface area (Å²) in [5.74, 6) is 0.917. The molecule has 0 unspecified atom stereocenters. The van der Waals surface area contributed by atoms with Gasteiger partial charge in [-0.2, -0.15) is 0 Å². The SMILES string of the molecule is COc1ccc2cc(CCCBr)ccc2c1. The lowest BCUT2D eigenvalue weighted by molar-refractivity contribution is 0.415. The predicted molar refractivity (Wildman–Crippen MR) is 72.6 cm³/mol. The summed E-state index contributed by atoms with van der Waals surface area (Å²) in [7, 11) is 1.70. The summed E-state index contributed by atoms with van der Waals surface area (Å²) in [6.07, 6.45) is 2.31. The summed E-state index contributed by atoms with van der Waals surface area (Å²) in [5.41, 5.74) is 1.40. The minimum Gasteiger partial charge on any atom is -0.497 e. The number of benzene rings is 2. The molecule has 0 N–H and O–H groups in total. The summed E-state index contributed by atoms with van der Waals surface area (Å²) in [5, 5.41) is 3.59. The van der Waals surface area contributed by atoms with Gasteiger partial charge in [-0.05, 0) is 41.3 Å². The van der Waals surface area contributed by atoms with Crippen molar-refractivity contribution in [2.75, 3.05) is 12.4 Å². The lowest BCUT2D eigenvalue weighted by atomic mass is 10.0. The van der Waals surface area contributed by atoms with Gasteiger partial charge in [-0.3, -0.25) is 0 Å². The summed E-state index contributed by atoms with van der Waals surface area (Å²) in [6, 6.07) is 12.8. The van der Waals surface area contributed by atoms with Gasteiger partial charge in [0.25, 0.3) is 0 Å². The molecule has 0 saturated heterocycles. The molecule has 0 aromatic heterocycles. The van der Waals surface area contributed by atoms with Crippen molar-refractivity contribution in [3.8, 4) is 5.75 Å². The minimum atomic E-state index is 0.917. The highest BCUT2D eigenvalue weighted by Gasteiger charge is 1.98. The van der Waals surface area contributed by atoms with Gasteiger partial charge < -0.3 is 4.74 Å². The molecule has 0 aliphatic rings. The average molecular weight is 279 g/mol. The fourth-order valence-corrected chi connectivity index (χ4v) is 2.11. The van der Waals surface area contributed by atoms with E-state index in [2.05, 4.69) is 46.3 Å². The van der Waals surface area contributed by atoms with Crippen LogP contribution in [0.25, 0.3) is 10.8 Å². The van der Waals surface area contributed by atoms with E-state index >= 15 is 0 Å². The molecule has 0 radical (unpaired) electrons. The lowest BCUT2D eigenvalue weighted by Crippen LogP contribution is -1.87. The number of rotatable bonds is 4. The molecule has 2 rings (SSSR count). The number of fused-ring (bicyclic) bond motifs is 1. The smallest absolute Gasteiger partial charge is 0.119 e. The first-order chi connectivity index (χ1) is 7.83. The molecule has 0 aliphatic heterocycles. The molecule has 2 heteroatoms. The highest BCUT2D eigenvalue weighted by molar-refractivity contribution is 9.09. The molecular formula is C14H15BrO. The first kappa shape index (κ1) is 11.5. The zero-order valence-electron chi connectivity index (χ0n) is 9.37. The third kappa shape index (κ3) is 2.56. The van der Waals surface area contributed by atoms with Crippen LogP contribution in [0.4, 0.5) is 0 Å². The van der Waals surface area contributed by atoms with Crippen LogP contribution in [0, 0.1) is 0 Å². The molecule has 16 heavy (non-hydrogen) atoms. The Morgan fingerprint density at radius 2 is 1.81 bits per heavy atom. The number of aryl methyl sites for hydroxylation is 1. The summed E-state index contributed by atoms with van der Waals surface area (Å²) < 4.78 is 5.21. The van der Waals surface area contributed by atoms with Gasteiger partial charge in [0.05, 0.1) is 7.11 Å². The first-order valence-corrected chi connectivity index (χ1v) is 6.58. The Bertz CT molecular complexity index is 479. The van der Waals surface area contributed by atoms with Crippen molar-refractivity contribution in [3.63, 3.8) is 0 Å². The van der Waals surface area contributed by atoms with Crippen LogP contribution in [0.1, 0.15) is 12.0 Å². The van der Waals surface area contributed by atoms with E-state index in [-0.39, 0.29) is 0 Å². The van der Waals surface area contributed by atoms with Gasteiger partial charge in [-0.15, -0.1) is 0 Å². The number of alkyl halides is 1. The predicted octanol–water partition coefficient (Wildman–Crippen LogP) is 4.18. The van der Waals surface area contributed by atoms with Gasteiger partial charge in [0.15, 0.2) is 0 Å². The molecule has 84 valence electrons. The zero-order valence-corrected chi connectivity index (χ0v) is 11.0. The highest BCUT2D eigenvalue weighted by Crippen LogP contribution is 2.22. The molecule has 0 spiro atoms. The topological polar surface area (TPSA) is 9.23 Å². The van der Waals surface area contributed by atoms with Crippen LogP contribution in [0.3, 0.4) is 0 Å². The molecule has 0 bridgehead atoms. The second-order valence-corrected chi connectivity index (χ2v) is 4.63. The molecule has 0 amide bonds. The zero-order chi connectivity index (χ0) is 11.4. The molecule has 2 aromatic carbocycles. The van der Waals surface area contributed by atoms with Crippen LogP contribution in [0.5, 0.6) is 5.75 Å². The summed E-state index contributed by atoms with van der Waals surface area (Å²) in [4.78, 5) is 0. The van der Waals surface area contributed by atoms with Crippen LogP contribution in [0.2, 0.25) is 0 Å². The van der Waals surface area contributed by atoms with Crippen molar-refractivity contribution in [2.24, 2.45) is 0 Å². The van der Waals surface area contributed by atoms with Crippen molar-refractivity contribution in [1.82, 2.24) is 0 Å². The van der Waals surface area contributed by atoms with E-state index in [1.807, 2.05) is 6.07 Å². The highest BCUT2D eigenvalue weighted by atomic mass is 79.9. The maximum Gasteiger partial charge on any atom is 0.119 e. The molecule has 0 aliphatic carbocycles. The molecular weight excluding hydrogens is 264 g/mol. The summed E-state index contributed by atoms with van der Waals surface area (Å²) in [6.45, 7) is 0. The Balaban J connectivity index is 2.32. The lowest BCUT2D eigenvalue weighted by Gasteiger charge is -2.05. The minimum absolute atomic E-state index is 0.917. The van der Waals surface area contributed by atoms with Crippen LogP contribution in [-0.2, 0) is 6.42 Å². The van der Waals surface area contributed by atoms with E-state index in [1.54, 1.807) is 7.11 Å². The second-order valence-electron chi connectivity index (χ2n) is 3.84. The van der Waals surface area contributed by atoms with Gasteiger partial charge in [-0.1, -0.05) is 40.2 Å². The van der Waals surface area contributed by atoms with Gasteiger partial charge in [-0.25, -0.2) is 0 Å². The molecule has 0 heterocycles. The Hall–Kier alpha value is -1.02. The third-order valence-corrected chi connectivity index (χ3v) is 3.27. The van der Waals surface area contributed by atoms with Crippen molar-refractivity contribution in [2.45, 2.75) is 12.8 Å². The van der Waals surface area contributed by atoms with Crippen molar-refractivity contribution < 1.29 is 4.74 Å². The van der Waals surface area contributed by atoms with Crippen LogP contribution < -0.4 is 4.74 Å². The largest absolute Gasteiger partial charge is 0.497 e. The molecule has 0 fully saturated rings. The van der Waals surface area contributed by atoms with E-state index < -0.39 is 0 Å². The fourth-order valence-electron chi connectivity index (χ4n) is 1.83. The number of halogens is 1. The molecule has 1 nitrogen and oxygen atoms in total. The Morgan fingerprint density at radius 3 is 2.56 bits per heavy atom. The molecule has 0 atom stereocenters. The number of hydrogen-bond acceptors (Lipinski definition) is 1. The standard InChI is InChI=1S/C14H15BrO/c1-16-14-7-6-12-9-11(3-2-8-15)4-5-13(12)10-14/h4-7,9-10H,2-3,8H2,1H3. The fraction of sp³-hybridized carbons (Fsp3) is 0.286. The number of methoxy groups -OCH3 is 1. The van der Waals surface area contributed by atoms with E-state index in [9.17, 15) is 0 Å². The van der Waals surface area contributed by atoms with Crippen molar-refractivity contribution >= 4 is 26.7 Å². The number of hydrogen-bond donors (Lipinski definition) is 0.